The van der Waals surface area contributed by atoms with Crippen LogP contribution in [-0.2, 0) is 19.3 Å². The Morgan fingerprint density at radius 1 is 1.69 bits per heavy atom. The number of carbonyl (C=O) groups is 1. The monoisotopic (exact) mass is 229 g/mol. The minimum absolute atomic E-state index is 0.0234. The predicted molar refractivity (Wildman–Crippen MR) is 56.4 cm³/mol. The lowest BCUT2D eigenvalue weighted by Crippen LogP contribution is -2.53. The molecule has 1 amide bonds. The van der Waals surface area contributed by atoms with Crippen LogP contribution in [0.5, 0.6) is 0 Å². The van der Waals surface area contributed by atoms with Crippen LogP contribution in [-0.4, -0.2) is 42.4 Å². The molecular weight excluding hydrogens is 210 g/mol. The van der Waals surface area contributed by atoms with Crippen LogP contribution in [0.15, 0.2) is 0 Å². The van der Waals surface area contributed by atoms with Crippen molar-refractivity contribution in [1.82, 2.24) is 4.90 Å². The molecule has 2 aliphatic rings. The molecule has 0 aliphatic carbocycles. The third-order valence-corrected chi connectivity index (χ3v) is 3.34. The smallest absolute Gasteiger partial charge is 0.221 e. The lowest BCUT2D eigenvalue weighted by Gasteiger charge is -2.35. The maximum atomic E-state index is 11.1. The SMILES string of the molecule is CCC(C)COOC1COC12CN2C(C)=O. The molecule has 0 N–H and O–H groups in total. The first kappa shape index (κ1) is 11.8. The second-order valence-electron chi connectivity index (χ2n) is 4.64. The summed E-state index contributed by atoms with van der Waals surface area (Å²) in [6.07, 6.45) is 0.940. The van der Waals surface area contributed by atoms with E-state index in [-0.39, 0.29) is 12.0 Å². The number of ether oxygens (including phenoxy) is 1. The number of amides is 1. The van der Waals surface area contributed by atoms with Gasteiger partial charge in [-0.05, 0) is 5.92 Å². The molecule has 2 heterocycles. The van der Waals surface area contributed by atoms with E-state index in [0.717, 1.165) is 6.42 Å². The number of rotatable bonds is 5. The lowest BCUT2D eigenvalue weighted by molar-refractivity contribution is -0.393. The van der Waals surface area contributed by atoms with Gasteiger partial charge in [0.2, 0.25) is 5.91 Å². The summed E-state index contributed by atoms with van der Waals surface area (Å²) >= 11 is 0. The van der Waals surface area contributed by atoms with Crippen molar-refractivity contribution in [3.05, 3.63) is 0 Å². The highest BCUT2D eigenvalue weighted by Gasteiger charge is 2.68. The van der Waals surface area contributed by atoms with Crippen molar-refractivity contribution in [3.63, 3.8) is 0 Å². The Labute approximate surface area is 95.6 Å². The van der Waals surface area contributed by atoms with Crippen LogP contribution in [0.3, 0.4) is 0 Å². The average Bonchev–Trinajstić information content (AvgIpc) is 3.00. The van der Waals surface area contributed by atoms with Gasteiger partial charge in [-0.15, -0.1) is 0 Å². The molecule has 5 heteroatoms. The summed E-state index contributed by atoms with van der Waals surface area (Å²) in [4.78, 5) is 23.3. The Balaban J connectivity index is 1.70. The van der Waals surface area contributed by atoms with Gasteiger partial charge >= 0.3 is 0 Å². The second kappa shape index (κ2) is 4.31. The fourth-order valence-corrected chi connectivity index (χ4v) is 1.77. The first-order chi connectivity index (χ1) is 7.60. The third kappa shape index (κ3) is 1.95. The van der Waals surface area contributed by atoms with Crippen LogP contribution in [0.4, 0.5) is 0 Å². The van der Waals surface area contributed by atoms with Gasteiger partial charge in [0.05, 0.1) is 19.8 Å². The molecule has 0 aromatic rings. The molecule has 1 spiro atoms. The molecule has 3 unspecified atom stereocenters. The van der Waals surface area contributed by atoms with Crippen LogP contribution in [0.1, 0.15) is 27.2 Å². The average molecular weight is 229 g/mol. The van der Waals surface area contributed by atoms with Crippen LogP contribution in [0, 0.1) is 5.92 Å². The summed E-state index contributed by atoms with van der Waals surface area (Å²) in [7, 11) is 0. The summed E-state index contributed by atoms with van der Waals surface area (Å²) < 4.78 is 5.40. The fraction of sp³-hybridized carbons (Fsp3) is 0.909. The summed E-state index contributed by atoms with van der Waals surface area (Å²) in [5, 5.41) is 0. The van der Waals surface area contributed by atoms with Crippen molar-refractivity contribution in [2.45, 2.75) is 39.0 Å². The standard InChI is InChI=1S/C11H19NO4/c1-4-8(2)5-15-16-10-6-14-11(10)7-12(11)9(3)13/h8,10H,4-7H2,1-3H3. The van der Waals surface area contributed by atoms with Crippen LogP contribution in [0.2, 0.25) is 0 Å². The highest BCUT2D eigenvalue weighted by molar-refractivity contribution is 5.77. The van der Waals surface area contributed by atoms with Crippen molar-refractivity contribution in [2.75, 3.05) is 19.8 Å². The molecule has 16 heavy (non-hydrogen) atoms. The number of carbonyl (C=O) groups excluding carboxylic acids is 1. The highest BCUT2D eigenvalue weighted by atomic mass is 17.2. The molecule has 2 aliphatic heterocycles. The topological polar surface area (TPSA) is 47.8 Å². The zero-order valence-corrected chi connectivity index (χ0v) is 10.1. The predicted octanol–water partition coefficient (Wildman–Crippen LogP) is 0.938. The van der Waals surface area contributed by atoms with E-state index in [2.05, 4.69) is 13.8 Å². The first-order valence-electron chi connectivity index (χ1n) is 5.80. The molecule has 0 bridgehead atoms. The molecular formula is C11H19NO4. The van der Waals surface area contributed by atoms with Crippen LogP contribution in [0.25, 0.3) is 0 Å². The number of nitrogens with zero attached hydrogens (tertiary/aromatic N) is 1. The van der Waals surface area contributed by atoms with Crippen molar-refractivity contribution in [3.8, 4) is 0 Å². The van der Waals surface area contributed by atoms with Gasteiger partial charge < -0.3 is 9.64 Å². The Morgan fingerprint density at radius 3 is 2.88 bits per heavy atom. The maximum Gasteiger partial charge on any atom is 0.221 e. The van der Waals surface area contributed by atoms with Gasteiger partial charge in [-0.25, -0.2) is 9.78 Å². The Kier molecular flexibility index (Phi) is 3.19. The molecule has 5 nitrogen and oxygen atoms in total. The molecule has 0 aromatic heterocycles. The molecule has 2 rings (SSSR count). The molecule has 2 fully saturated rings. The van der Waals surface area contributed by atoms with E-state index in [1.54, 1.807) is 4.90 Å². The summed E-state index contributed by atoms with van der Waals surface area (Å²) in [6.45, 7) is 7.47. The maximum absolute atomic E-state index is 11.1. The van der Waals surface area contributed by atoms with Crippen LogP contribution < -0.4 is 0 Å². The van der Waals surface area contributed by atoms with Gasteiger partial charge in [0.15, 0.2) is 11.8 Å². The van der Waals surface area contributed by atoms with E-state index in [9.17, 15) is 4.79 Å². The van der Waals surface area contributed by atoms with E-state index in [1.165, 1.54) is 6.92 Å². The van der Waals surface area contributed by atoms with Gasteiger partial charge in [-0.3, -0.25) is 4.79 Å². The van der Waals surface area contributed by atoms with E-state index in [4.69, 9.17) is 14.5 Å². The van der Waals surface area contributed by atoms with E-state index >= 15 is 0 Å². The largest absolute Gasteiger partial charge is 0.348 e. The van der Waals surface area contributed by atoms with Gasteiger partial charge in [0, 0.05) is 6.92 Å². The number of hydrogen-bond donors (Lipinski definition) is 0. The molecule has 0 aromatic carbocycles. The van der Waals surface area contributed by atoms with Gasteiger partial charge in [-0.2, -0.15) is 0 Å². The Hall–Kier alpha value is -0.650. The third-order valence-electron chi connectivity index (χ3n) is 3.34. The quantitative estimate of drug-likeness (QED) is 0.400. The van der Waals surface area contributed by atoms with Gasteiger partial charge in [0.1, 0.15) is 0 Å². The Morgan fingerprint density at radius 2 is 2.44 bits per heavy atom. The number of hydrogen-bond acceptors (Lipinski definition) is 4. The summed E-state index contributed by atoms with van der Waals surface area (Å²) in [5.41, 5.74) is -0.499. The second-order valence-corrected chi connectivity index (χ2v) is 4.64. The summed E-state index contributed by atoms with van der Waals surface area (Å²) in [5.74, 6) is 0.510. The fourth-order valence-electron chi connectivity index (χ4n) is 1.77. The van der Waals surface area contributed by atoms with Gasteiger partial charge in [-0.1, -0.05) is 20.3 Å². The van der Waals surface area contributed by atoms with Gasteiger partial charge in [0.25, 0.3) is 0 Å². The zero-order chi connectivity index (χ0) is 11.8. The normalized spacial score (nSPS) is 33.7. The minimum Gasteiger partial charge on any atom is -0.348 e. The lowest BCUT2D eigenvalue weighted by atomic mass is 10.1. The van der Waals surface area contributed by atoms with E-state index in [1.807, 2.05) is 0 Å². The summed E-state index contributed by atoms with van der Waals surface area (Å²) in [6, 6.07) is 0. The van der Waals surface area contributed by atoms with E-state index in [0.29, 0.717) is 25.7 Å². The van der Waals surface area contributed by atoms with Crippen LogP contribution >= 0.6 is 0 Å². The van der Waals surface area contributed by atoms with Crippen molar-refractivity contribution < 1.29 is 19.3 Å². The first-order valence-corrected chi connectivity index (χ1v) is 5.80. The highest BCUT2D eigenvalue weighted by Crippen LogP contribution is 2.45. The Bertz CT molecular complexity index is 283. The van der Waals surface area contributed by atoms with Crippen molar-refractivity contribution >= 4 is 5.91 Å². The molecule has 0 radical (unpaired) electrons. The minimum atomic E-state index is -0.499. The zero-order valence-electron chi connectivity index (χ0n) is 10.1. The van der Waals surface area contributed by atoms with Crippen molar-refractivity contribution in [1.29, 1.82) is 0 Å². The molecule has 0 saturated carbocycles. The molecule has 92 valence electrons. The molecule has 2 saturated heterocycles. The molecule has 3 atom stereocenters. The van der Waals surface area contributed by atoms with Crippen molar-refractivity contribution in [2.24, 2.45) is 5.92 Å². The van der Waals surface area contributed by atoms with E-state index < -0.39 is 5.72 Å².